The summed E-state index contributed by atoms with van der Waals surface area (Å²) < 4.78 is 0. The third-order valence-electron chi connectivity index (χ3n) is 4.94. The number of benzene rings is 1. The number of hydrogen-bond acceptors (Lipinski definition) is 4. The first-order valence-electron chi connectivity index (χ1n) is 8.54. The highest BCUT2D eigenvalue weighted by molar-refractivity contribution is 6.39. The molecule has 0 radical (unpaired) electrons. The highest BCUT2D eigenvalue weighted by Crippen LogP contribution is 2.27. The maximum atomic E-state index is 12.8. The Hall–Kier alpha value is -2.37. The molecular formula is C18H24N4O2. The minimum atomic E-state index is -0.175. The van der Waals surface area contributed by atoms with E-state index in [0.29, 0.717) is 11.6 Å². The van der Waals surface area contributed by atoms with E-state index in [4.69, 9.17) is 0 Å². The fourth-order valence-electron chi connectivity index (χ4n) is 3.51. The summed E-state index contributed by atoms with van der Waals surface area (Å²) in [5.41, 5.74) is 3.60. The number of rotatable bonds is 3. The van der Waals surface area contributed by atoms with Crippen LogP contribution >= 0.6 is 0 Å². The highest BCUT2D eigenvalue weighted by Gasteiger charge is 2.32. The Bertz CT molecular complexity index is 644. The van der Waals surface area contributed by atoms with Gasteiger partial charge in [0.25, 0.3) is 11.8 Å². The largest absolute Gasteiger partial charge is 0.336 e. The summed E-state index contributed by atoms with van der Waals surface area (Å²) in [7, 11) is 1.84. The summed E-state index contributed by atoms with van der Waals surface area (Å²) in [6, 6.07) is 9.48. The molecule has 2 aliphatic rings. The average Bonchev–Trinajstić information content (AvgIpc) is 2.62. The van der Waals surface area contributed by atoms with Crippen LogP contribution in [0.25, 0.3) is 0 Å². The van der Waals surface area contributed by atoms with E-state index < -0.39 is 0 Å². The Labute approximate surface area is 142 Å². The maximum absolute atomic E-state index is 12.8. The molecule has 128 valence electrons. The van der Waals surface area contributed by atoms with E-state index in [9.17, 15) is 9.59 Å². The normalized spacial score (nSPS) is 24.2. The summed E-state index contributed by atoms with van der Waals surface area (Å²) in [6.07, 6.45) is 4.56. The summed E-state index contributed by atoms with van der Waals surface area (Å²) >= 11 is 0. The van der Waals surface area contributed by atoms with E-state index in [1.54, 1.807) is 4.90 Å². The van der Waals surface area contributed by atoms with Gasteiger partial charge in [-0.2, -0.15) is 0 Å². The molecule has 1 N–H and O–H groups in total. The van der Waals surface area contributed by atoms with Crippen molar-refractivity contribution in [1.82, 2.24) is 10.3 Å². The Morgan fingerprint density at radius 3 is 2.67 bits per heavy atom. The number of nitrogens with zero attached hydrogens (tertiary/aromatic N) is 3. The van der Waals surface area contributed by atoms with E-state index in [0.717, 1.165) is 19.3 Å². The van der Waals surface area contributed by atoms with Crippen molar-refractivity contribution in [1.29, 1.82) is 0 Å². The minimum Gasteiger partial charge on any atom is -0.336 e. The predicted octanol–water partition coefficient (Wildman–Crippen LogP) is 1.97. The number of carbonyl (C=O) groups excluding carboxylic acids is 2. The molecule has 0 spiro atoms. The number of amidine groups is 1. The van der Waals surface area contributed by atoms with E-state index in [1.807, 2.05) is 37.4 Å². The van der Waals surface area contributed by atoms with E-state index >= 15 is 0 Å². The highest BCUT2D eigenvalue weighted by atomic mass is 16.2. The molecule has 3 rings (SSSR count). The lowest BCUT2D eigenvalue weighted by molar-refractivity contribution is -0.126. The molecule has 1 fully saturated rings. The first kappa shape index (κ1) is 16.5. The molecule has 1 aliphatic heterocycles. The second kappa shape index (κ2) is 7.03. The number of aliphatic imine (C=N–C) groups is 1. The van der Waals surface area contributed by atoms with Crippen molar-refractivity contribution in [3.63, 3.8) is 0 Å². The van der Waals surface area contributed by atoms with Gasteiger partial charge in [-0.05, 0) is 30.9 Å². The van der Waals surface area contributed by atoms with Gasteiger partial charge in [0, 0.05) is 13.1 Å². The Morgan fingerprint density at radius 1 is 1.25 bits per heavy atom. The molecule has 1 heterocycles. The van der Waals surface area contributed by atoms with Crippen molar-refractivity contribution in [3.8, 4) is 0 Å². The third-order valence-corrected chi connectivity index (χ3v) is 4.94. The number of likely N-dealkylation sites (N-methyl/N-ethyl adjacent to an activating group) is 1. The van der Waals surface area contributed by atoms with Crippen molar-refractivity contribution in [3.05, 3.63) is 30.3 Å². The van der Waals surface area contributed by atoms with Crippen molar-refractivity contribution in [2.45, 2.75) is 38.6 Å². The van der Waals surface area contributed by atoms with Crippen molar-refractivity contribution >= 4 is 23.3 Å². The molecule has 2 amide bonds. The first-order valence-corrected chi connectivity index (χ1v) is 8.54. The van der Waals surface area contributed by atoms with E-state index in [2.05, 4.69) is 17.3 Å². The summed E-state index contributed by atoms with van der Waals surface area (Å²) in [5, 5.41) is 1.40. The van der Waals surface area contributed by atoms with Gasteiger partial charge in [0.1, 0.15) is 6.54 Å². The number of amides is 2. The second-order valence-electron chi connectivity index (χ2n) is 6.59. The van der Waals surface area contributed by atoms with Crippen LogP contribution in [0.15, 0.2) is 35.3 Å². The minimum absolute atomic E-state index is 0.0168. The van der Waals surface area contributed by atoms with Gasteiger partial charge in [-0.25, -0.2) is 5.01 Å². The van der Waals surface area contributed by atoms with Gasteiger partial charge in [-0.1, -0.05) is 38.0 Å². The number of hydrazine groups is 1. The molecule has 6 heteroatoms. The molecule has 2 unspecified atom stereocenters. The molecule has 6 nitrogen and oxygen atoms in total. The van der Waals surface area contributed by atoms with Gasteiger partial charge < -0.3 is 4.90 Å². The van der Waals surface area contributed by atoms with Gasteiger partial charge in [0.2, 0.25) is 5.84 Å². The molecule has 1 aromatic carbocycles. The molecular weight excluding hydrogens is 304 g/mol. The van der Waals surface area contributed by atoms with E-state index in [-0.39, 0.29) is 30.2 Å². The fourth-order valence-corrected chi connectivity index (χ4v) is 3.51. The smallest absolute Gasteiger partial charge is 0.290 e. The molecule has 1 saturated carbocycles. The lowest BCUT2D eigenvalue weighted by Crippen LogP contribution is -2.57. The van der Waals surface area contributed by atoms with Crippen LogP contribution in [0.3, 0.4) is 0 Å². The van der Waals surface area contributed by atoms with Crippen LogP contribution < -0.4 is 10.4 Å². The molecule has 0 saturated heterocycles. The molecule has 2 atom stereocenters. The van der Waals surface area contributed by atoms with Crippen molar-refractivity contribution in [2.24, 2.45) is 10.9 Å². The van der Waals surface area contributed by atoms with Gasteiger partial charge >= 0.3 is 0 Å². The number of para-hydroxylation sites is 1. The van der Waals surface area contributed by atoms with Crippen molar-refractivity contribution in [2.75, 3.05) is 18.6 Å². The number of nitrogens with one attached hydrogen (secondary N) is 1. The molecule has 24 heavy (non-hydrogen) atoms. The van der Waals surface area contributed by atoms with Gasteiger partial charge in [-0.3, -0.25) is 20.0 Å². The second-order valence-corrected chi connectivity index (χ2v) is 6.59. The Morgan fingerprint density at radius 2 is 1.96 bits per heavy atom. The lowest BCUT2D eigenvalue weighted by Gasteiger charge is -2.37. The fraction of sp³-hybridized carbons (Fsp3) is 0.500. The standard InChI is InChI=1S/C18H24N4O2/c1-13-8-6-7-11-15(13)21(2)18(24)17-19-12-16(23)22(20-17)14-9-4-3-5-10-14/h3-5,9-10,13,15H,6-8,11-12H2,1-2H3,(H,19,20). The first-order chi connectivity index (χ1) is 11.6. The molecule has 0 bridgehead atoms. The van der Waals surface area contributed by atoms with Crippen LogP contribution in [-0.4, -0.2) is 42.2 Å². The van der Waals surface area contributed by atoms with Gasteiger partial charge in [0.15, 0.2) is 0 Å². The Balaban J connectivity index is 1.74. The molecule has 0 aromatic heterocycles. The zero-order valence-corrected chi connectivity index (χ0v) is 14.2. The summed E-state index contributed by atoms with van der Waals surface area (Å²) in [5.74, 6) is 0.399. The quantitative estimate of drug-likeness (QED) is 0.922. The number of anilines is 1. The maximum Gasteiger partial charge on any atom is 0.290 e. The topological polar surface area (TPSA) is 65.0 Å². The van der Waals surface area contributed by atoms with Crippen LogP contribution in [-0.2, 0) is 9.59 Å². The monoisotopic (exact) mass is 328 g/mol. The lowest BCUT2D eigenvalue weighted by atomic mass is 9.85. The van der Waals surface area contributed by atoms with Crippen LogP contribution in [0, 0.1) is 5.92 Å². The molecule has 1 aromatic rings. The van der Waals surface area contributed by atoms with Crippen LogP contribution in [0.5, 0.6) is 0 Å². The zero-order chi connectivity index (χ0) is 17.1. The van der Waals surface area contributed by atoms with Crippen LogP contribution in [0.1, 0.15) is 32.6 Å². The Kier molecular flexibility index (Phi) is 4.83. The predicted molar refractivity (Wildman–Crippen MR) is 93.6 cm³/mol. The van der Waals surface area contributed by atoms with Crippen molar-refractivity contribution < 1.29 is 9.59 Å². The number of hydrogen-bond donors (Lipinski definition) is 1. The van der Waals surface area contributed by atoms with Gasteiger partial charge in [0.05, 0.1) is 5.69 Å². The zero-order valence-electron chi connectivity index (χ0n) is 14.2. The SMILES string of the molecule is CC1CCCCC1N(C)C(=O)C1=NCC(=O)N(c2ccccc2)N1. The van der Waals surface area contributed by atoms with Crippen LogP contribution in [0.2, 0.25) is 0 Å². The van der Waals surface area contributed by atoms with Gasteiger partial charge in [-0.15, -0.1) is 0 Å². The number of carbonyl (C=O) groups is 2. The third kappa shape index (κ3) is 3.27. The van der Waals surface area contributed by atoms with Crippen LogP contribution in [0.4, 0.5) is 5.69 Å². The average molecular weight is 328 g/mol. The van der Waals surface area contributed by atoms with E-state index in [1.165, 1.54) is 11.4 Å². The summed E-state index contributed by atoms with van der Waals surface area (Å²) in [6.45, 7) is 2.18. The molecule has 1 aliphatic carbocycles. The summed E-state index contributed by atoms with van der Waals surface area (Å²) in [4.78, 5) is 30.9.